The van der Waals surface area contributed by atoms with Crippen LogP contribution in [-0.2, 0) is 23.9 Å². The zero-order valence-corrected chi connectivity index (χ0v) is 20.1. The Hall–Kier alpha value is -1.96. The second kappa shape index (κ2) is 13.5. The highest BCUT2D eigenvalue weighted by molar-refractivity contribution is 5.94. The van der Waals surface area contributed by atoms with E-state index in [9.17, 15) is 19.2 Å². The summed E-state index contributed by atoms with van der Waals surface area (Å²) in [6.07, 6.45) is 2.36. The lowest BCUT2D eigenvalue weighted by Gasteiger charge is -2.37. The van der Waals surface area contributed by atoms with Crippen molar-refractivity contribution in [2.24, 2.45) is 5.92 Å². The molecule has 1 aliphatic rings. The standard InChI is InChI=1S/C23H41N3O5/c1-7-17(8-2)31-22(29)11-10-20(27)18(14-16(4)5)24-23(30)19(9-3)26-13-12-25(6)15-21(26)28/h16-19H,7-15H2,1-6H3,(H,24,30)/t18-,19+/m1/s1. The van der Waals surface area contributed by atoms with Crippen LogP contribution >= 0.6 is 0 Å². The predicted octanol–water partition coefficient (Wildman–Crippen LogP) is 2.15. The fraction of sp³-hybridized carbons (Fsp3) is 0.826. The number of hydrogen-bond acceptors (Lipinski definition) is 6. The van der Waals surface area contributed by atoms with Gasteiger partial charge < -0.3 is 15.0 Å². The quantitative estimate of drug-likeness (QED) is 0.442. The number of likely N-dealkylation sites (N-methyl/N-ethyl adjacent to an activating group) is 1. The van der Waals surface area contributed by atoms with E-state index < -0.39 is 12.1 Å². The Morgan fingerprint density at radius 1 is 1.03 bits per heavy atom. The Morgan fingerprint density at radius 2 is 1.68 bits per heavy atom. The number of nitrogens with zero attached hydrogens (tertiary/aromatic N) is 2. The Labute approximate surface area is 187 Å². The highest BCUT2D eigenvalue weighted by Gasteiger charge is 2.33. The van der Waals surface area contributed by atoms with Crippen LogP contribution in [0.5, 0.6) is 0 Å². The smallest absolute Gasteiger partial charge is 0.306 e. The zero-order chi connectivity index (χ0) is 23.6. The largest absolute Gasteiger partial charge is 0.462 e. The van der Waals surface area contributed by atoms with E-state index in [-0.39, 0.29) is 55.0 Å². The maximum absolute atomic E-state index is 13.0. The molecule has 31 heavy (non-hydrogen) atoms. The lowest BCUT2D eigenvalue weighted by atomic mass is 9.97. The van der Waals surface area contributed by atoms with Gasteiger partial charge in [0.05, 0.1) is 19.0 Å². The number of hydrogen-bond donors (Lipinski definition) is 1. The maximum Gasteiger partial charge on any atom is 0.306 e. The number of rotatable bonds is 13. The number of ketones is 1. The maximum atomic E-state index is 13.0. The van der Waals surface area contributed by atoms with E-state index in [1.165, 1.54) is 0 Å². The number of carbonyl (C=O) groups excluding carboxylic acids is 4. The van der Waals surface area contributed by atoms with Crippen molar-refractivity contribution in [3.63, 3.8) is 0 Å². The molecule has 8 nitrogen and oxygen atoms in total. The van der Waals surface area contributed by atoms with Crippen molar-refractivity contribution in [2.45, 2.75) is 91.3 Å². The van der Waals surface area contributed by atoms with Crippen LogP contribution < -0.4 is 5.32 Å². The summed E-state index contributed by atoms with van der Waals surface area (Å²) < 4.78 is 5.37. The summed E-state index contributed by atoms with van der Waals surface area (Å²) in [5.41, 5.74) is 0. The number of nitrogens with one attached hydrogen (secondary N) is 1. The molecule has 0 radical (unpaired) electrons. The highest BCUT2D eigenvalue weighted by Crippen LogP contribution is 2.14. The van der Waals surface area contributed by atoms with E-state index in [0.717, 1.165) is 12.8 Å². The molecule has 0 spiro atoms. The third-order valence-corrected chi connectivity index (χ3v) is 5.71. The van der Waals surface area contributed by atoms with Gasteiger partial charge >= 0.3 is 5.97 Å². The molecule has 1 heterocycles. The van der Waals surface area contributed by atoms with Gasteiger partial charge in [-0.25, -0.2) is 0 Å². The van der Waals surface area contributed by atoms with E-state index in [2.05, 4.69) is 5.32 Å². The average molecular weight is 440 g/mol. The first kappa shape index (κ1) is 27.1. The molecule has 1 rings (SSSR count). The van der Waals surface area contributed by atoms with Crippen LogP contribution in [0.1, 0.15) is 73.1 Å². The molecule has 1 fully saturated rings. The third kappa shape index (κ3) is 8.97. The lowest BCUT2D eigenvalue weighted by Crippen LogP contribution is -2.58. The zero-order valence-electron chi connectivity index (χ0n) is 20.1. The number of carbonyl (C=O) groups is 4. The van der Waals surface area contributed by atoms with Gasteiger partial charge in [0.15, 0.2) is 5.78 Å². The first-order valence-electron chi connectivity index (χ1n) is 11.6. The van der Waals surface area contributed by atoms with Crippen LogP contribution in [0.4, 0.5) is 0 Å². The molecule has 2 atom stereocenters. The third-order valence-electron chi connectivity index (χ3n) is 5.71. The first-order valence-corrected chi connectivity index (χ1v) is 11.6. The van der Waals surface area contributed by atoms with Gasteiger partial charge in [0.25, 0.3) is 0 Å². The summed E-state index contributed by atoms with van der Waals surface area (Å²) in [7, 11) is 1.88. The van der Waals surface area contributed by atoms with Gasteiger partial charge in [-0.3, -0.25) is 24.1 Å². The fourth-order valence-corrected chi connectivity index (χ4v) is 3.79. The van der Waals surface area contributed by atoms with Crippen molar-refractivity contribution in [1.29, 1.82) is 0 Å². The molecular formula is C23H41N3O5. The summed E-state index contributed by atoms with van der Waals surface area (Å²) in [6.45, 7) is 11.2. The molecule has 178 valence electrons. The van der Waals surface area contributed by atoms with Crippen LogP contribution in [0.15, 0.2) is 0 Å². The minimum atomic E-state index is -0.676. The number of ether oxygens (including phenoxy) is 1. The number of amides is 2. The van der Waals surface area contributed by atoms with Crippen molar-refractivity contribution in [2.75, 3.05) is 26.7 Å². The van der Waals surface area contributed by atoms with Gasteiger partial charge in [0.2, 0.25) is 11.8 Å². The van der Waals surface area contributed by atoms with Gasteiger partial charge in [-0.2, -0.15) is 0 Å². The highest BCUT2D eigenvalue weighted by atomic mass is 16.5. The molecule has 1 saturated heterocycles. The lowest BCUT2D eigenvalue weighted by molar-refractivity contribution is -0.150. The Balaban J connectivity index is 2.74. The predicted molar refractivity (Wildman–Crippen MR) is 119 cm³/mol. The van der Waals surface area contributed by atoms with E-state index in [4.69, 9.17) is 4.74 Å². The van der Waals surface area contributed by atoms with Gasteiger partial charge in [-0.05, 0) is 38.6 Å². The van der Waals surface area contributed by atoms with Gasteiger partial charge in [-0.1, -0.05) is 34.6 Å². The molecule has 8 heteroatoms. The molecule has 0 aromatic carbocycles. The molecule has 0 aromatic rings. The normalized spacial score (nSPS) is 17.0. The molecule has 0 unspecified atom stereocenters. The van der Waals surface area contributed by atoms with Crippen LogP contribution in [-0.4, -0.2) is 78.2 Å². The topological polar surface area (TPSA) is 96.0 Å². The van der Waals surface area contributed by atoms with Crippen molar-refractivity contribution >= 4 is 23.6 Å². The van der Waals surface area contributed by atoms with Gasteiger partial charge in [0.1, 0.15) is 12.1 Å². The minimum Gasteiger partial charge on any atom is -0.462 e. The second-order valence-corrected chi connectivity index (χ2v) is 8.83. The summed E-state index contributed by atoms with van der Waals surface area (Å²) >= 11 is 0. The van der Waals surface area contributed by atoms with E-state index in [0.29, 0.717) is 25.9 Å². The summed E-state index contributed by atoms with van der Waals surface area (Å²) in [5.74, 6) is -0.754. The summed E-state index contributed by atoms with van der Waals surface area (Å²) in [4.78, 5) is 53.8. The number of Topliss-reactive ketones (excluding diaryl/α,β-unsaturated/α-hetero) is 1. The Bertz CT molecular complexity index is 618. The molecule has 0 bridgehead atoms. The molecule has 0 aliphatic carbocycles. The Morgan fingerprint density at radius 3 is 2.19 bits per heavy atom. The molecule has 1 N–H and O–H groups in total. The SMILES string of the molecule is CCC(CC)OC(=O)CCC(=O)[C@@H](CC(C)C)NC(=O)[C@H](CC)N1CCN(C)CC1=O. The van der Waals surface area contributed by atoms with E-state index in [1.54, 1.807) is 4.90 Å². The second-order valence-electron chi connectivity index (χ2n) is 8.83. The molecular weight excluding hydrogens is 398 g/mol. The Kier molecular flexibility index (Phi) is 11.7. The summed E-state index contributed by atoms with van der Waals surface area (Å²) in [5, 5.41) is 2.87. The van der Waals surface area contributed by atoms with Crippen LogP contribution in [0, 0.1) is 5.92 Å². The average Bonchev–Trinajstić information content (AvgIpc) is 2.71. The van der Waals surface area contributed by atoms with Crippen LogP contribution in [0.3, 0.4) is 0 Å². The van der Waals surface area contributed by atoms with E-state index in [1.807, 2.05) is 46.6 Å². The van der Waals surface area contributed by atoms with Gasteiger partial charge in [0, 0.05) is 19.5 Å². The van der Waals surface area contributed by atoms with Crippen molar-refractivity contribution in [3.05, 3.63) is 0 Å². The van der Waals surface area contributed by atoms with E-state index >= 15 is 0 Å². The van der Waals surface area contributed by atoms with Crippen LogP contribution in [0.2, 0.25) is 0 Å². The van der Waals surface area contributed by atoms with Gasteiger partial charge in [-0.15, -0.1) is 0 Å². The molecule has 0 aromatic heterocycles. The molecule has 1 aliphatic heterocycles. The minimum absolute atomic E-state index is 0.00789. The molecule has 2 amide bonds. The first-order chi connectivity index (χ1) is 14.6. The number of esters is 1. The van der Waals surface area contributed by atoms with Crippen molar-refractivity contribution < 1.29 is 23.9 Å². The van der Waals surface area contributed by atoms with Crippen molar-refractivity contribution in [1.82, 2.24) is 15.1 Å². The number of piperazine rings is 1. The summed E-state index contributed by atoms with van der Waals surface area (Å²) in [6, 6.07) is -1.27. The fourth-order valence-electron chi connectivity index (χ4n) is 3.79. The monoisotopic (exact) mass is 439 g/mol. The molecule has 0 saturated carbocycles. The van der Waals surface area contributed by atoms with Crippen molar-refractivity contribution in [3.8, 4) is 0 Å². The van der Waals surface area contributed by atoms with Crippen LogP contribution in [0.25, 0.3) is 0 Å².